The van der Waals surface area contributed by atoms with E-state index in [4.69, 9.17) is 19.2 Å². The molecule has 1 aromatic heterocycles. The van der Waals surface area contributed by atoms with Crippen LogP contribution in [0, 0.1) is 0 Å². The van der Waals surface area contributed by atoms with Crippen molar-refractivity contribution < 1.29 is 14.2 Å². The normalized spacial score (nSPS) is 19.3. The molecule has 2 aromatic rings. The zero-order valence-electron chi connectivity index (χ0n) is 17.3. The summed E-state index contributed by atoms with van der Waals surface area (Å²) in [6, 6.07) is 4.54. The van der Waals surface area contributed by atoms with Crippen LogP contribution in [0.25, 0.3) is 10.9 Å². The van der Waals surface area contributed by atoms with Crippen LogP contribution in [0.4, 0.5) is 5.69 Å². The molecule has 6 nitrogen and oxygen atoms in total. The predicted octanol–water partition coefficient (Wildman–Crippen LogP) is 3.41. The smallest absolute Gasteiger partial charge is 0.163 e. The first-order valence-corrected chi connectivity index (χ1v) is 11.0. The number of benzene rings is 1. The summed E-state index contributed by atoms with van der Waals surface area (Å²) in [6.45, 7) is 5.82. The van der Waals surface area contributed by atoms with E-state index < -0.39 is 0 Å². The van der Waals surface area contributed by atoms with Crippen LogP contribution in [0.15, 0.2) is 12.1 Å². The van der Waals surface area contributed by atoms with Crippen molar-refractivity contribution in [2.24, 2.45) is 0 Å². The van der Waals surface area contributed by atoms with E-state index in [1.54, 1.807) is 7.11 Å². The number of nitrogens with one attached hydrogen (secondary N) is 1. The molecule has 2 saturated heterocycles. The summed E-state index contributed by atoms with van der Waals surface area (Å²) in [4.78, 5) is 7.50. The van der Waals surface area contributed by atoms with E-state index in [0.29, 0.717) is 12.6 Å². The third-order valence-corrected chi connectivity index (χ3v) is 6.36. The molecule has 0 spiro atoms. The maximum atomic E-state index is 6.14. The third kappa shape index (κ3) is 3.88. The number of methoxy groups -OCH3 is 1. The van der Waals surface area contributed by atoms with E-state index in [9.17, 15) is 0 Å². The van der Waals surface area contributed by atoms with Gasteiger partial charge in [0.05, 0.1) is 38.5 Å². The molecule has 0 bridgehead atoms. The first-order valence-electron chi connectivity index (χ1n) is 11.0. The number of rotatable bonds is 8. The second-order valence-corrected chi connectivity index (χ2v) is 8.42. The zero-order chi connectivity index (χ0) is 19.6. The Morgan fingerprint density at radius 1 is 1.14 bits per heavy atom. The number of hydrogen-bond acceptors (Lipinski definition) is 6. The number of aromatic nitrogens is 1. The predicted molar refractivity (Wildman–Crippen MR) is 114 cm³/mol. The van der Waals surface area contributed by atoms with Gasteiger partial charge in [-0.2, -0.15) is 0 Å². The number of hydrogen-bond donors (Lipinski definition) is 1. The minimum absolute atomic E-state index is 0.387. The molecule has 2 aliphatic heterocycles. The Morgan fingerprint density at radius 2 is 2.00 bits per heavy atom. The van der Waals surface area contributed by atoms with E-state index in [0.717, 1.165) is 61.4 Å². The average molecular weight is 398 g/mol. The highest BCUT2D eigenvalue weighted by Crippen LogP contribution is 2.40. The fourth-order valence-electron chi connectivity index (χ4n) is 4.71. The van der Waals surface area contributed by atoms with Crippen molar-refractivity contribution in [3.8, 4) is 11.5 Å². The Bertz CT molecular complexity index is 876. The summed E-state index contributed by atoms with van der Waals surface area (Å²) in [7, 11) is 1.71. The maximum absolute atomic E-state index is 6.14. The van der Waals surface area contributed by atoms with Crippen LogP contribution in [0.3, 0.4) is 0 Å². The molecule has 1 aromatic carbocycles. The summed E-state index contributed by atoms with van der Waals surface area (Å²) < 4.78 is 17.2. The highest BCUT2D eigenvalue weighted by Gasteiger charge is 2.25. The first kappa shape index (κ1) is 18.9. The van der Waals surface area contributed by atoms with Gasteiger partial charge < -0.3 is 24.4 Å². The van der Waals surface area contributed by atoms with Crippen LogP contribution in [0.2, 0.25) is 0 Å². The van der Waals surface area contributed by atoms with Crippen LogP contribution in [-0.2, 0) is 17.6 Å². The summed E-state index contributed by atoms with van der Waals surface area (Å²) in [5.41, 5.74) is 4.80. The number of nitrogens with zero attached hydrogens (tertiary/aromatic N) is 2. The van der Waals surface area contributed by atoms with Gasteiger partial charge in [0, 0.05) is 29.4 Å². The van der Waals surface area contributed by atoms with Crippen LogP contribution in [0.1, 0.15) is 36.9 Å². The van der Waals surface area contributed by atoms with Crippen molar-refractivity contribution >= 4 is 16.6 Å². The van der Waals surface area contributed by atoms with Crippen LogP contribution in [-0.4, -0.2) is 62.5 Å². The molecular formula is C23H31N3O3. The summed E-state index contributed by atoms with van der Waals surface area (Å²) >= 11 is 0. The van der Waals surface area contributed by atoms with Crippen molar-refractivity contribution in [3.05, 3.63) is 23.4 Å². The number of anilines is 1. The van der Waals surface area contributed by atoms with Crippen molar-refractivity contribution in [2.45, 2.75) is 44.6 Å². The SMILES string of the molecule is COc1cc2c(NC3COC3)c3c(nc2cc1OCCCN1CCCC1)CCC3. The van der Waals surface area contributed by atoms with Gasteiger partial charge in [-0.05, 0) is 63.2 Å². The lowest BCUT2D eigenvalue weighted by Gasteiger charge is -2.29. The lowest BCUT2D eigenvalue weighted by molar-refractivity contribution is 0.0211. The van der Waals surface area contributed by atoms with E-state index in [2.05, 4.69) is 22.3 Å². The molecule has 1 N–H and O–H groups in total. The van der Waals surface area contributed by atoms with Gasteiger partial charge in [-0.15, -0.1) is 0 Å². The summed E-state index contributed by atoms with van der Waals surface area (Å²) in [5.74, 6) is 1.58. The molecule has 0 saturated carbocycles. The Hall–Kier alpha value is -2.05. The minimum Gasteiger partial charge on any atom is -0.493 e. The molecule has 29 heavy (non-hydrogen) atoms. The standard InChI is InChI=1S/C23H31N3O3/c1-27-21-12-18-20(13-22(21)29-11-5-10-26-8-2-3-9-26)25-19-7-4-6-17(19)23(18)24-16-14-28-15-16/h12-13,16H,2-11,14-15H2,1H3,(H,24,25). The number of fused-ring (bicyclic) bond motifs is 2. The second kappa shape index (κ2) is 8.36. The van der Waals surface area contributed by atoms with E-state index >= 15 is 0 Å². The molecule has 1 aliphatic carbocycles. The van der Waals surface area contributed by atoms with Gasteiger partial charge in [-0.25, -0.2) is 0 Å². The van der Waals surface area contributed by atoms with Crippen LogP contribution in [0.5, 0.6) is 11.5 Å². The lowest BCUT2D eigenvalue weighted by Crippen LogP contribution is -2.40. The quantitative estimate of drug-likeness (QED) is 0.689. The van der Waals surface area contributed by atoms with Crippen LogP contribution < -0.4 is 14.8 Å². The fourth-order valence-corrected chi connectivity index (χ4v) is 4.71. The average Bonchev–Trinajstić information content (AvgIpc) is 3.38. The highest BCUT2D eigenvalue weighted by atomic mass is 16.5. The van der Waals surface area contributed by atoms with Gasteiger partial charge in [-0.1, -0.05) is 0 Å². The van der Waals surface area contributed by atoms with Gasteiger partial charge in [0.25, 0.3) is 0 Å². The topological polar surface area (TPSA) is 55.9 Å². The van der Waals surface area contributed by atoms with Gasteiger partial charge in [0.15, 0.2) is 11.5 Å². The maximum Gasteiger partial charge on any atom is 0.163 e. The Labute approximate surface area is 172 Å². The number of aryl methyl sites for hydroxylation is 1. The fraction of sp³-hybridized carbons (Fsp3) is 0.609. The second-order valence-electron chi connectivity index (χ2n) is 8.42. The lowest BCUT2D eigenvalue weighted by atomic mass is 10.0. The molecule has 0 unspecified atom stereocenters. The minimum atomic E-state index is 0.387. The van der Waals surface area contributed by atoms with Crippen molar-refractivity contribution in [3.63, 3.8) is 0 Å². The Balaban J connectivity index is 1.39. The van der Waals surface area contributed by atoms with E-state index in [-0.39, 0.29) is 0 Å². The molecule has 3 aliphatic rings. The monoisotopic (exact) mass is 397 g/mol. The Kier molecular flexibility index (Phi) is 5.46. The van der Waals surface area contributed by atoms with Crippen molar-refractivity contribution in [1.29, 1.82) is 0 Å². The zero-order valence-corrected chi connectivity index (χ0v) is 17.3. The van der Waals surface area contributed by atoms with E-state index in [1.807, 2.05) is 0 Å². The number of ether oxygens (including phenoxy) is 3. The van der Waals surface area contributed by atoms with Gasteiger partial charge in [-0.3, -0.25) is 4.98 Å². The summed E-state index contributed by atoms with van der Waals surface area (Å²) in [6.07, 6.45) is 7.01. The van der Waals surface area contributed by atoms with Gasteiger partial charge >= 0.3 is 0 Å². The number of likely N-dealkylation sites (tertiary alicyclic amines) is 1. The molecular weight excluding hydrogens is 366 g/mol. The third-order valence-electron chi connectivity index (χ3n) is 6.36. The first-order chi connectivity index (χ1) is 14.3. The number of pyridine rings is 1. The molecule has 0 atom stereocenters. The van der Waals surface area contributed by atoms with Gasteiger partial charge in [0.2, 0.25) is 0 Å². The molecule has 0 radical (unpaired) electrons. The molecule has 3 heterocycles. The van der Waals surface area contributed by atoms with E-state index in [1.165, 1.54) is 49.3 Å². The highest BCUT2D eigenvalue weighted by molar-refractivity contribution is 5.96. The van der Waals surface area contributed by atoms with Gasteiger partial charge in [0.1, 0.15) is 0 Å². The van der Waals surface area contributed by atoms with Crippen molar-refractivity contribution in [2.75, 3.05) is 51.9 Å². The molecule has 6 heteroatoms. The molecule has 156 valence electrons. The van der Waals surface area contributed by atoms with Crippen LogP contribution >= 0.6 is 0 Å². The van der Waals surface area contributed by atoms with Crippen molar-refractivity contribution in [1.82, 2.24) is 9.88 Å². The molecule has 0 amide bonds. The molecule has 2 fully saturated rings. The largest absolute Gasteiger partial charge is 0.493 e. The Morgan fingerprint density at radius 3 is 2.76 bits per heavy atom. The molecule has 5 rings (SSSR count). The summed E-state index contributed by atoms with van der Waals surface area (Å²) in [5, 5.41) is 4.83.